The molecule has 0 aliphatic heterocycles. The van der Waals surface area contributed by atoms with Gasteiger partial charge in [0, 0.05) is 16.6 Å². The number of imidazole rings is 1. The number of pyridine rings is 1. The van der Waals surface area contributed by atoms with Crippen LogP contribution >= 0.6 is 11.6 Å². The van der Waals surface area contributed by atoms with E-state index in [1.165, 1.54) is 0 Å². The molecule has 2 heterocycles. The van der Waals surface area contributed by atoms with Crippen molar-refractivity contribution in [1.82, 2.24) is 15.0 Å². The average Bonchev–Trinajstić information content (AvgIpc) is 2.97. The van der Waals surface area contributed by atoms with Crippen molar-refractivity contribution in [2.75, 3.05) is 7.11 Å². The van der Waals surface area contributed by atoms with Crippen LogP contribution in [0.3, 0.4) is 0 Å². The molecule has 0 spiro atoms. The van der Waals surface area contributed by atoms with Gasteiger partial charge in [-0.05, 0) is 35.7 Å². The first-order valence-corrected chi connectivity index (χ1v) is 7.20. The van der Waals surface area contributed by atoms with E-state index in [4.69, 9.17) is 16.3 Å². The van der Waals surface area contributed by atoms with Crippen LogP contribution < -0.4 is 4.74 Å². The van der Waals surface area contributed by atoms with Crippen molar-refractivity contribution in [2.24, 2.45) is 0 Å². The van der Waals surface area contributed by atoms with Crippen molar-refractivity contribution in [3.05, 3.63) is 53.8 Å². The number of halogens is 1. The third-order valence-electron chi connectivity index (χ3n) is 3.68. The number of aromatic nitrogens is 3. The minimum absolute atomic E-state index is 0.706. The van der Waals surface area contributed by atoms with Crippen molar-refractivity contribution < 1.29 is 4.74 Å². The standard InChI is InChI=1S/C17H12ClN3O/c1-22-16-12-5-3-11(18)8-10(12)2-4-13(16)17-20-14-6-7-19-9-15(14)21-17/h2-9H,1H3,(H,20,21). The second-order valence-corrected chi connectivity index (χ2v) is 5.43. The second-order valence-electron chi connectivity index (χ2n) is 4.99. The van der Waals surface area contributed by atoms with Crippen LogP contribution in [0.15, 0.2) is 48.8 Å². The van der Waals surface area contributed by atoms with Gasteiger partial charge < -0.3 is 9.72 Å². The van der Waals surface area contributed by atoms with Crippen LogP contribution in [0.2, 0.25) is 5.02 Å². The molecule has 0 aliphatic carbocycles. The SMILES string of the molecule is COc1c(-c2nc3cnccc3[nH]2)ccc2cc(Cl)ccc12. The van der Waals surface area contributed by atoms with E-state index < -0.39 is 0 Å². The third kappa shape index (κ3) is 2.00. The molecule has 0 saturated heterocycles. The van der Waals surface area contributed by atoms with Crippen molar-refractivity contribution >= 4 is 33.4 Å². The number of methoxy groups -OCH3 is 1. The van der Waals surface area contributed by atoms with Crippen LogP contribution in [0.5, 0.6) is 5.75 Å². The van der Waals surface area contributed by atoms with E-state index in [0.717, 1.165) is 38.9 Å². The van der Waals surface area contributed by atoms with E-state index in [2.05, 4.69) is 15.0 Å². The predicted molar refractivity (Wildman–Crippen MR) is 88.4 cm³/mol. The van der Waals surface area contributed by atoms with Crippen LogP contribution in [0.4, 0.5) is 0 Å². The molecule has 5 heteroatoms. The maximum Gasteiger partial charge on any atom is 0.142 e. The van der Waals surface area contributed by atoms with Crippen molar-refractivity contribution in [2.45, 2.75) is 0 Å². The topological polar surface area (TPSA) is 50.8 Å². The van der Waals surface area contributed by atoms with E-state index in [-0.39, 0.29) is 0 Å². The lowest BCUT2D eigenvalue weighted by molar-refractivity contribution is 0.421. The lowest BCUT2D eigenvalue weighted by Crippen LogP contribution is -1.91. The van der Waals surface area contributed by atoms with Crippen LogP contribution in [-0.2, 0) is 0 Å². The van der Waals surface area contributed by atoms with Crippen LogP contribution in [-0.4, -0.2) is 22.1 Å². The lowest BCUT2D eigenvalue weighted by Gasteiger charge is -2.10. The third-order valence-corrected chi connectivity index (χ3v) is 3.91. The summed E-state index contributed by atoms with van der Waals surface area (Å²) in [6, 6.07) is 11.7. The highest BCUT2D eigenvalue weighted by molar-refractivity contribution is 6.31. The van der Waals surface area contributed by atoms with Gasteiger partial charge >= 0.3 is 0 Å². The van der Waals surface area contributed by atoms with Crippen LogP contribution in [0.1, 0.15) is 0 Å². The summed E-state index contributed by atoms with van der Waals surface area (Å²) in [6.45, 7) is 0. The molecule has 108 valence electrons. The summed E-state index contributed by atoms with van der Waals surface area (Å²) in [4.78, 5) is 12.0. The van der Waals surface area contributed by atoms with Gasteiger partial charge in [0.05, 0.1) is 24.4 Å². The smallest absolute Gasteiger partial charge is 0.142 e. The molecular formula is C17H12ClN3O. The first kappa shape index (κ1) is 13.1. The highest BCUT2D eigenvalue weighted by Gasteiger charge is 2.14. The normalized spacial score (nSPS) is 11.2. The van der Waals surface area contributed by atoms with E-state index in [9.17, 15) is 0 Å². The summed E-state index contributed by atoms with van der Waals surface area (Å²) in [7, 11) is 1.66. The first-order chi connectivity index (χ1) is 10.8. The second kappa shape index (κ2) is 5.00. The summed E-state index contributed by atoms with van der Waals surface area (Å²) in [5.74, 6) is 1.54. The molecule has 2 aromatic carbocycles. The van der Waals surface area contributed by atoms with Gasteiger partial charge in [0.15, 0.2) is 0 Å². The zero-order valence-corrected chi connectivity index (χ0v) is 12.6. The zero-order valence-electron chi connectivity index (χ0n) is 11.8. The Labute approximate surface area is 131 Å². The Hall–Kier alpha value is -2.59. The van der Waals surface area contributed by atoms with E-state index >= 15 is 0 Å². The molecule has 22 heavy (non-hydrogen) atoms. The summed E-state index contributed by atoms with van der Waals surface area (Å²) in [6.07, 6.45) is 3.48. The Morgan fingerprint density at radius 2 is 2.05 bits per heavy atom. The molecule has 0 radical (unpaired) electrons. The Bertz CT molecular complexity index is 961. The van der Waals surface area contributed by atoms with Gasteiger partial charge in [-0.15, -0.1) is 0 Å². The zero-order chi connectivity index (χ0) is 15.1. The Balaban J connectivity index is 1.99. The molecule has 1 N–H and O–H groups in total. The molecule has 0 fully saturated rings. The number of nitrogens with one attached hydrogen (secondary N) is 1. The number of ether oxygens (including phenoxy) is 1. The molecular weight excluding hydrogens is 298 g/mol. The van der Waals surface area contributed by atoms with Crippen molar-refractivity contribution in [1.29, 1.82) is 0 Å². The number of H-pyrrole nitrogens is 1. The van der Waals surface area contributed by atoms with Gasteiger partial charge in [0.25, 0.3) is 0 Å². The molecule has 0 bridgehead atoms. The van der Waals surface area contributed by atoms with Crippen molar-refractivity contribution in [3.8, 4) is 17.1 Å². The molecule has 4 aromatic rings. The number of aromatic amines is 1. The van der Waals surface area contributed by atoms with Gasteiger partial charge in [-0.3, -0.25) is 4.98 Å². The first-order valence-electron chi connectivity index (χ1n) is 6.82. The number of hydrogen-bond acceptors (Lipinski definition) is 3. The van der Waals surface area contributed by atoms with E-state index in [0.29, 0.717) is 5.02 Å². The number of hydrogen-bond donors (Lipinski definition) is 1. The Morgan fingerprint density at radius 1 is 1.14 bits per heavy atom. The summed E-state index contributed by atoms with van der Waals surface area (Å²) in [5.41, 5.74) is 2.69. The average molecular weight is 310 g/mol. The van der Waals surface area contributed by atoms with Gasteiger partial charge in [0.2, 0.25) is 0 Å². The maximum absolute atomic E-state index is 6.06. The van der Waals surface area contributed by atoms with Gasteiger partial charge in [-0.2, -0.15) is 0 Å². The van der Waals surface area contributed by atoms with Gasteiger partial charge in [0.1, 0.15) is 17.1 Å². The monoisotopic (exact) mass is 309 g/mol. The maximum atomic E-state index is 6.06. The van der Waals surface area contributed by atoms with Gasteiger partial charge in [-0.25, -0.2) is 4.98 Å². The number of benzene rings is 2. The van der Waals surface area contributed by atoms with Crippen LogP contribution in [0.25, 0.3) is 33.2 Å². The fraction of sp³-hybridized carbons (Fsp3) is 0.0588. The minimum Gasteiger partial charge on any atom is -0.495 e. The summed E-state index contributed by atoms with van der Waals surface area (Å²) < 4.78 is 5.63. The number of rotatable bonds is 2. The predicted octanol–water partition coefficient (Wildman–Crippen LogP) is 4.44. The molecule has 0 aliphatic rings. The van der Waals surface area contributed by atoms with Crippen LogP contribution in [0, 0.1) is 0 Å². The molecule has 0 amide bonds. The Kier molecular flexibility index (Phi) is 2.98. The summed E-state index contributed by atoms with van der Waals surface area (Å²) >= 11 is 6.06. The van der Waals surface area contributed by atoms with Crippen molar-refractivity contribution in [3.63, 3.8) is 0 Å². The van der Waals surface area contributed by atoms with E-state index in [1.54, 1.807) is 19.5 Å². The lowest BCUT2D eigenvalue weighted by atomic mass is 10.0. The van der Waals surface area contributed by atoms with E-state index in [1.807, 2.05) is 36.4 Å². The fourth-order valence-electron chi connectivity index (χ4n) is 2.66. The molecule has 2 aromatic heterocycles. The number of fused-ring (bicyclic) bond motifs is 2. The summed E-state index contributed by atoms with van der Waals surface area (Å²) in [5, 5.41) is 2.74. The molecule has 0 saturated carbocycles. The minimum atomic E-state index is 0.706. The highest BCUT2D eigenvalue weighted by atomic mass is 35.5. The largest absolute Gasteiger partial charge is 0.495 e. The molecule has 4 nitrogen and oxygen atoms in total. The van der Waals surface area contributed by atoms with Gasteiger partial charge in [-0.1, -0.05) is 17.7 Å². The molecule has 4 rings (SSSR count). The highest BCUT2D eigenvalue weighted by Crippen LogP contribution is 2.36. The quantitative estimate of drug-likeness (QED) is 0.595. The number of nitrogens with zero attached hydrogens (tertiary/aromatic N) is 2. The fourth-order valence-corrected chi connectivity index (χ4v) is 2.84. The molecule has 0 atom stereocenters. The molecule has 0 unspecified atom stereocenters. The Morgan fingerprint density at radius 3 is 2.86 bits per heavy atom.